The number of hydrogen-bond donors (Lipinski definition) is 0. The Balaban J connectivity index is 3.55. The molecule has 15 heavy (non-hydrogen) atoms. The van der Waals surface area contributed by atoms with Gasteiger partial charge in [0.15, 0.2) is 6.04 Å². The van der Waals surface area contributed by atoms with Crippen LogP contribution in [-0.2, 0) is 9.53 Å². The quantitative estimate of drug-likeness (QED) is 0.355. The van der Waals surface area contributed by atoms with Crippen LogP contribution in [0.2, 0.25) is 0 Å². The third-order valence-electron chi connectivity index (χ3n) is 2.36. The van der Waals surface area contributed by atoms with Crippen LogP contribution in [0.5, 0.6) is 0 Å². The molecule has 0 bridgehead atoms. The van der Waals surface area contributed by atoms with E-state index in [2.05, 4.69) is 23.8 Å². The van der Waals surface area contributed by atoms with E-state index in [0.717, 1.165) is 19.3 Å². The Hall–Kier alpha value is -0.930. The minimum atomic E-state index is -0.811. The van der Waals surface area contributed by atoms with Crippen molar-refractivity contribution in [1.82, 2.24) is 0 Å². The van der Waals surface area contributed by atoms with Gasteiger partial charge in [0.1, 0.15) is 0 Å². The zero-order valence-corrected chi connectivity index (χ0v) is 9.86. The number of carbonyl (C=O) groups excluding carboxylic acids is 1. The first-order valence-electron chi connectivity index (χ1n) is 5.52. The number of ether oxygens (including phenoxy) is 1. The number of methoxy groups -OCH3 is 1. The van der Waals surface area contributed by atoms with Crippen molar-refractivity contribution in [2.24, 2.45) is 11.1 Å². The van der Waals surface area contributed by atoms with Crippen LogP contribution < -0.4 is 0 Å². The van der Waals surface area contributed by atoms with E-state index in [1.54, 1.807) is 0 Å². The number of rotatable bonds is 8. The van der Waals surface area contributed by atoms with Crippen molar-refractivity contribution < 1.29 is 9.53 Å². The van der Waals surface area contributed by atoms with Crippen molar-refractivity contribution in [1.29, 1.82) is 0 Å². The molecule has 0 heterocycles. The highest BCUT2D eigenvalue weighted by atomic mass is 16.5. The summed E-state index contributed by atoms with van der Waals surface area (Å²) in [6.07, 6.45) is 4.75. The van der Waals surface area contributed by atoms with E-state index in [0.29, 0.717) is 12.3 Å². The highest BCUT2D eigenvalue weighted by Gasteiger charge is 2.18. The first-order chi connectivity index (χ1) is 7.11. The second kappa shape index (κ2) is 8.38. The maximum atomic E-state index is 11.0. The van der Waals surface area contributed by atoms with Crippen LogP contribution in [0, 0.1) is 10.8 Å². The number of nitroso groups, excluding NO2 is 1. The lowest BCUT2D eigenvalue weighted by Crippen LogP contribution is -2.19. The molecule has 1 unspecified atom stereocenters. The van der Waals surface area contributed by atoms with Crippen LogP contribution in [0.3, 0.4) is 0 Å². The van der Waals surface area contributed by atoms with Gasteiger partial charge in [-0.25, -0.2) is 4.79 Å². The van der Waals surface area contributed by atoms with Crippen LogP contribution in [-0.4, -0.2) is 19.1 Å². The summed E-state index contributed by atoms with van der Waals surface area (Å²) in [5, 5.41) is 2.77. The fourth-order valence-electron chi connectivity index (χ4n) is 1.42. The third-order valence-corrected chi connectivity index (χ3v) is 2.36. The number of nitrogens with zero attached hydrogens (tertiary/aromatic N) is 1. The van der Waals surface area contributed by atoms with Gasteiger partial charge in [0.05, 0.1) is 7.11 Å². The molecule has 0 radical (unpaired) electrons. The molecule has 0 saturated heterocycles. The van der Waals surface area contributed by atoms with Crippen LogP contribution >= 0.6 is 0 Å². The molecule has 0 rings (SSSR count). The van der Waals surface area contributed by atoms with Crippen LogP contribution in [0.25, 0.3) is 0 Å². The molecule has 0 aromatic rings. The molecule has 88 valence electrons. The summed E-state index contributed by atoms with van der Waals surface area (Å²) in [5.74, 6) is 0.194. The minimum Gasteiger partial charge on any atom is -0.467 e. The molecule has 1 atom stereocenters. The van der Waals surface area contributed by atoms with Crippen molar-refractivity contribution in [2.75, 3.05) is 7.11 Å². The maximum absolute atomic E-state index is 11.0. The van der Waals surface area contributed by atoms with Gasteiger partial charge in [0, 0.05) is 0 Å². The maximum Gasteiger partial charge on any atom is 0.334 e. The predicted molar refractivity (Wildman–Crippen MR) is 59.5 cm³/mol. The number of hydrogen-bond acceptors (Lipinski definition) is 4. The zero-order valence-electron chi connectivity index (χ0n) is 9.86. The first-order valence-corrected chi connectivity index (χ1v) is 5.52. The molecule has 0 aliphatic rings. The van der Waals surface area contributed by atoms with Crippen LogP contribution in [0.4, 0.5) is 0 Å². The molecular formula is C11H21NO3. The molecule has 0 saturated carbocycles. The minimum absolute atomic E-state index is 0.508. The van der Waals surface area contributed by atoms with E-state index in [1.807, 2.05) is 0 Å². The largest absolute Gasteiger partial charge is 0.467 e. The lowest BCUT2D eigenvalue weighted by molar-refractivity contribution is -0.142. The lowest BCUT2D eigenvalue weighted by atomic mass is 10.0. The molecule has 0 aliphatic heterocycles. The van der Waals surface area contributed by atoms with Crippen molar-refractivity contribution in [2.45, 2.75) is 52.0 Å². The summed E-state index contributed by atoms with van der Waals surface area (Å²) < 4.78 is 4.47. The van der Waals surface area contributed by atoms with Gasteiger partial charge >= 0.3 is 5.97 Å². The summed E-state index contributed by atoms with van der Waals surface area (Å²) in [4.78, 5) is 21.3. The smallest absolute Gasteiger partial charge is 0.334 e. The number of carbonyl (C=O) groups is 1. The average Bonchev–Trinajstić information content (AvgIpc) is 2.22. The second-order valence-electron chi connectivity index (χ2n) is 4.18. The van der Waals surface area contributed by atoms with Crippen molar-refractivity contribution in [3.63, 3.8) is 0 Å². The van der Waals surface area contributed by atoms with E-state index in [4.69, 9.17) is 0 Å². The fraction of sp³-hybridized carbons (Fsp3) is 0.909. The molecule has 0 aromatic heterocycles. The van der Waals surface area contributed by atoms with Gasteiger partial charge in [-0.3, -0.25) is 0 Å². The Labute approximate surface area is 91.4 Å². The van der Waals surface area contributed by atoms with Crippen molar-refractivity contribution in [3.05, 3.63) is 4.91 Å². The van der Waals surface area contributed by atoms with Crippen LogP contribution in [0.1, 0.15) is 46.0 Å². The highest BCUT2D eigenvalue weighted by molar-refractivity contribution is 5.75. The summed E-state index contributed by atoms with van der Waals surface area (Å²) in [6.45, 7) is 4.37. The van der Waals surface area contributed by atoms with Gasteiger partial charge in [0.25, 0.3) is 0 Å². The Morgan fingerprint density at radius 1 is 1.20 bits per heavy atom. The fourth-order valence-corrected chi connectivity index (χ4v) is 1.42. The van der Waals surface area contributed by atoms with Gasteiger partial charge in [-0.05, 0) is 12.3 Å². The number of esters is 1. The topological polar surface area (TPSA) is 55.7 Å². The highest BCUT2D eigenvalue weighted by Crippen LogP contribution is 2.12. The molecule has 0 aliphatic carbocycles. The zero-order chi connectivity index (χ0) is 11.7. The van der Waals surface area contributed by atoms with Gasteiger partial charge < -0.3 is 4.74 Å². The van der Waals surface area contributed by atoms with Gasteiger partial charge in [-0.2, -0.15) is 0 Å². The summed E-state index contributed by atoms with van der Waals surface area (Å²) in [6, 6.07) is -0.811. The summed E-state index contributed by atoms with van der Waals surface area (Å²) in [5.41, 5.74) is 0. The van der Waals surface area contributed by atoms with E-state index in [-0.39, 0.29) is 0 Å². The Bertz CT molecular complexity index is 192. The van der Waals surface area contributed by atoms with E-state index < -0.39 is 12.0 Å². The SMILES string of the molecule is COC(=O)C(CCCCCC(C)C)N=O. The molecule has 4 nitrogen and oxygen atoms in total. The molecule has 0 aromatic carbocycles. The molecule has 0 fully saturated rings. The van der Waals surface area contributed by atoms with Gasteiger partial charge in [-0.15, -0.1) is 4.91 Å². The van der Waals surface area contributed by atoms with E-state index in [9.17, 15) is 9.70 Å². The molecule has 0 N–H and O–H groups in total. The van der Waals surface area contributed by atoms with Crippen LogP contribution in [0.15, 0.2) is 5.18 Å². The number of unbranched alkanes of at least 4 members (excludes halogenated alkanes) is 2. The predicted octanol–water partition coefficient (Wildman–Crippen LogP) is 2.90. The van der Waals surface area contributed by atoms with Gasteiger partial charge in [-0.1, -0.05) is 44.7 Å². The average molecular weight is 215 g/mol. The summed E-state index contributed by atoms with van der Waals surface area (Å²) in [7, 11) is 1.28. The van der Waals surface area contributed by atoms with Gasteiger partial charge in [0.2, 0.25) is 0 Å². The molecule has 0 amide bonds. The first kappa shape index (κ1) is 14.1. The third kappa shape index (κ3) is 7.05. The molecular weight excluding hydrogens is 194 g/mol. The standard InChI is InChI=1S/C11H21NO3/c1-9(2)7-5-4-6-8-10(12-14)11(13)15-3/h9-10H,4-8H2,1-3H3. The lowest BCUT2D eigenvalue weighted by Gasteiger charge is -2.07. The monoisotopic (exact) mass is 215 g/mol. The molecule has 0 spiro atoms. The van der Waals surface area contributed by atoms with E-state index >= 15 is 0 Å². The second-order valence-corrected chi connectivity index (χ2v) is 4.18. The Morgan fingerprint density at radius 2 is 1.80 bits per heavy atom. The molecule has 4 heteroatoms. The van der Waals surface area contributed by atoms with E-state index in [1.165, 1.54) is 13.5 Å². The normalized spacial score (nSPS) is 12.5. The Kier molecular flexibility index (Phi) is 7.86. The summed E-state index contributed by atoms with van der Waals surface area (Å²) >= 11 is 0. The Morgan fingerprint density at radius 3 is 2.27 bits per heavy atom. The van der Waals surface area contributed by atoms with Crippen molar-refractivity contribution >= 4 is 5.97 Å². The van der Waals surface area contributed by atoms with Crippen molar-refractivity contribution in [3.8, 4) is 0 Å².